The van der Waals surface area contributed by atoms with Crippen molar-refractivity contribution < 1.29 is 18.5 Å². The Labute approximate surface area is 249 Å². The second kappa shape index (κ2) is 13.3. The van der Waals surface area contributed by atoms with Gasteiger partial charge in [0, 0.05) is 36.5 Å². The smallest absolute Gasteiger partial charge is 0.286 e. The zero-order valence-electron chi connectivity index (χ0n) is 24.1. The van der Waals surface area contributed by atoms with Gasteiger partial charge in [0.1, 0.15) is 15.7 Å². The number of amides is 1. The van der Waals surface area contributed by atoms with Crippen molar-refractivity contribution in [1.29, 1.82) is 0 Å². The first-order chi connectivity index (χ1) is 19.8. The van der Waals surface area contributed by atoms with Gasteiger partial charge in [-0.3, -0.25) is 4.79 Å². The first-order valence-corrected chi connectivity index (χ1v) is 16.9. The van der Waals surface area contributed by atoms with Gasteiger partial charge in [0.05, 0.1) is 18.4 Å². The summed E-state index contributed by atoms with van der Waals surface area (Å²) in [6.07, 6.45) is 10.8. The van der Waals surface area contributed by atoms with Crippen molar-refractivity contribution in [2.45, 2.75) is 64.5 Å². The van der Waals surface area contributed by atoms with Gasteiger partial charge in [-0.1, -0.05) is 43.2 Å². The molecule has 2 bridgehead atoms. The Hall–Kier alpha value is -2.39. The molecule has 2 aromatic carbocycles. The number of anilines is 1. The van der Waals surface area contributed by atoms with Crippen LogP contribution in [0.15, 0.2) is 52.9 Å². The monoisotopic (exact) mass is 599 g/mol. The molecule has 5 rings (SSSR count). The van der Waals surface area contributed by atoms with E-state index in [1.807, 2.05) is 25.1 Å². The summed E-state index contributed by atoms with van der Waals surface area (Å²) in [6, 6.07) is 11.5. The minimum Gasteiger partial charge on any atom is -0.491 e. The predicted octanol–water partition coefficient (Wildman–Crippen LogP) is 6.57. The Morgan fingerprint density at radius 2 is 2.02 bits per heavy atom. The van der Waals surface area contributed by atoms with Crippen LogP contribution in [0.1, 0.15) is 66.9 Å². The molecule has 1 saturated carbocycles. The highest BCUT2D eigenvalue weighted by Crippen LogP contribution is 2.42. The summed E-state index contributed by atoms with van der Waals surface area (Å²) in [4.78, 5) is 15.7. The van der Waals surface area contributed by atoms with Gasteiger partial charge < -0.3 is 14.4 Å². The van der Waals surface area contributed by atoms with Gasteiger partial charge in [0.15, 0.2) is 0 Å². The van der Waals surface area contributed by atoms with E-state index in [4.69, 9.17) is 26.2 Å². The van der Waals surface area contributed by atoms with E-state index in [-0.39, 0.29) is 17.8 Å². The maximum absolute atomic E-state index is 13.4. The Balaban J connectivity index is 1.62. The molecule has 41 heavy (non-hydrogen) atoms. The quantitative estimate of drug-likeness (QED) is 0.394. The van der Waals surface area contributed by atoms with Crippen LogP contribution in [0, 0.1) is 17.8 Å². The van der Waals surface area contributed by atoms with E-state index in [0.29, 0.717) is 37.0 Å². The van der Waals surface area contributed by atoms with E-state index < -0.39 is 15.8 Å². The van der Waals surface area contributed by atoms with Gasteiger partial charge in [0.2, 0.25) is 0 Å². The second-order valence-electron chi connectivity index (χ2n) is 11.7. The number of nitrogens with two attached hydrogens (primary N) is 1. The molecule has 2 aliphatic heterocycles. The maximum Gasteiger partial charge on any atom is 0.286 e. The molecule has 222 valence electrons. The number of carbonyl (C=O) groups excluding carboxylic acids is 1. The lowest BCUT2D eigenvalue weighted by molar-refractivity contribution is 0.0133. The predicted molar refractivity (Wildman–Crippen MR) is 166 cm³/mol. The van der Waals surface area contributed by atoms with Crippen molar-refractivity contribution >= 4 is 33.1 Å². The van der Waals surface area contributed by atoms with E-state index in [1.54, 1.807) is 13.2 Å². The van der Waals surface area contributed by atoms with E-state index in [9.17, 15) is 9.00 Å². The number of hydrogen-bond donors (Lipinski definition) is 1. The Bertz CT molecular complexity index is 1400. The Morgan fingerprint density at radius 3 is 2.78 bits per heavy atom. The number of allylic oxidation sites excluding steroid dienone is 1. The van der Waals surface area contributed by atoms with Crippen molar-refractivity contribution in [2.24, 2.45) is 27.3 Å². The van der Waals surface area contributed by atoms with E-state index in [0.717, 1.165) is 61.5 Å². The van der Waals surface area contributed by atoms with Crippen LogP contribution in [-0.4, -0.2) is 42.2 Å². The number of halogens is 1. The van der Waals surface area contributed by atoms with E-state index >= 15 is 0 Å². The third-order valence-electron chi connectivity index (χ3n) is 8.88. The van der Waals surface area contributed by atoms with Gasteiger partial charge >= 0.3 is 0 Å². The first-order valence-electron chi connectivity index (χ1n) is 14.8. The molecule has 7 nitrogen and oxygen atoms in total. The molecule has 1 fully saturated rings. The van der Waals surface area contributed by atoms with Crippen LogP contribution in [0.3, 0.4) is 0 Å². The number of fused-ring (bicyclic) bond motifs is 3. The molecule has 0 saturated heterocycles. The lowest BCUT2D eigenvalue weighted by Crippen LogP contribution is -2.43. The fourth-order valence-electron chi connectivity index (χ4n) is 6.31. The molecule has 0 radical (unpaired) electrons. The van der Waals surface area contributed by atoms with Crippen molar-refractivity contribution in [3.05, 3.63) is 70.3 Å². The van der Waals surface area contributed by atoms with Crippen LogP contribution >= 0.6 is 11.6 Å². The number of carbonyl (C=O) groups is 1. The summed E-state index contributed by atoms with van der Waals surface area (Å²) >= 11 is 6.41. The van der Waals surface area contributed by atoms with Crippen molar-refractivity contribution in [2.75, 3.05) is 30.9 Å². The van der Waals surface area contributed by atoms with Crippen LogP contribution < -0.4 is 14.8 Å². The fraction of sp³-hybridized carbons (Fsp3) is 0.531. The van der Waals surface area contributed by atoms with Crippen LogP contribution in [-0.2, 0) is 27.6 Å². The van der Waals surface area contributed by atoms with Crippen LogP contribution in [0.25, 0.3) is 0 Å². The highest BCUT2D eigenvalue weighted by atomic mass is 35.5. The molecule has 5 atom stereocenters. The number of benzene rings is 2. The van der Waals surface area contributed by atoms with Gasteiger partial charge in [-0.25, -0.2) is 9.35 Å². The molecule has 2 heterocycles. The van der Waals surface area contributed by atoms with Gasteiger partial charge in [0.25, 0.3) is 5.91 Å². The molecule has 1 aliphatic carbocycles. The lowest BCUT2D eigenvalue weighted by atomic mass is 9.70. The Morgan fingerprint density at radius 1 is 1.17 bits per heavy atom. The fourth-order valence-corrected chi connectivity index (χ4v) is 8.02. The number of aryl methyl sites for hydroxylation is 1. The molecule has 2 aromatic rings. The number of methoxy groups -OCH3 is 1. The molecular weight excluding hydrogens is 558 g/mol. The third-order valence-corrected chi connectivity index (χ3v) is 10.5. The molecule has 2 N–H and O–H groups in total. The van der Waals surface area contributed by atoms with Crippen molar-refractivity contribution in [3.8, 4) is 5.75 Å². The minimum atomic E-state index is -3.20. The standard InChI is InChI=1S/C32H42ClN3O4S/c1-3-22-7-6-9-30(39-2)28-14-11-26(28)20-36-19-25-10-13-27(33)17-23(25)8-4-5-16-40-31-15-12-24(18-29(31)36)32(37)35-41(34,38)21-22/h6,9-10,12-13,15,17-18,22,26,28,30H,3-5,7-8,11,14,16,19-21H2,1-2H3,(H2,34,35,37,38)/b9-6+/t22-,26-,28+,30-,41-/m0/s1. The number of ether oxygens (including phenoxy) is 2. The Kier molecular flexibility index (Phi) is 9.74. The lowest BCUT2D eigenvalue weighted by Gasteiger charge is -2.43. The maximum atomic E-state index is 13.4. The molecule has 0 unspecified atom stereocenters. The van der Waals surface area contributed by atoms with Gasteiger partial charge in [-0.15, -0.1) is 4.36 Å². The van der Waals surface area contributed by atoms with Gasteiger partial charge in [-0.05, 0) is 97.7 Å². The highest BCUT2D eigenvalue weighted by Gasteiger charge is 2.38. The van der Waals surface area contributed by atoms with Crippen LogP contribution in [0.5, 0.6) is 5.75 Å². The van der Waals surface area contributed by atoms with E-state index in [2.05, 4.69) is 33.5 Å². The summed E-state index contributed by atoms with van der Waals surface area (Å²) in [6.45, 7) is 4.07. The van der Waals surface area contributed by atoms with Crippen LogP contribution in [0.4, 0.5) is 5.69 Å². The zero-order chi connectivity index (χ0) is 29.0. The molecular formula is C32H42ClN3O4S. The topological polar surface area (TPSA) is 94.2 Å². The molecule has 0 aromatic heterocycles. The van der Waals surface area contributed by atoms with Crippen molar-refractivity contribution in [3.63, 3.8) is 0 Å². The summed E-state index contributed by atoms with van der Waals surface area (Å²) in [5, 5.41) is 6.89. The van der Waals surface area contributed by atoms with E-state index in [1.165, 1.54) is 11.1 Å². The summed E-state index contributed by atoms with van der Waals surface area (Å²) < 4.78 is 29.6. The second-order valence-corrected chi connectivity index (χ2v) is 14.0. The first kappa shape index (κ1) is 30.1. The molecule has 1 amide bonds. The number of rotatable bonds is 2. The largest absolute Gasteiger partial charge is 0.491 e. The summed E-state index contributed by atoms with van der Waals surface area (Å²) in [5.74, 6) is 1.21. The third kappa shape index (κ3) is 7.34. The SMILES string of the molecule is CC[C@H]1C/C=C/[C@H](OC)[C@@H]2CC[C@H]2CN2Cc3ccc(Cl)cc3CCCCOc3ccc(cc32)C(=O)N=[S@](N)(=O)C1. The number of hydrogen-bond acceptors (Lipinski definition) is 5. The molecule has 3 aliphatic rings. The summed E-state index contributed by atoms with van der Waals surface area (Å²) in [5.41, 5.74) is 3.66. The average Bonchev–Trinajstić information content (AvgIpc) is 2.96. The van der Waals surface area contributed by atoms with Crippen molar-refractivity contribution in [1.82, 2.24) is 0 Å². The van der Waals surface area contributed by atoms with Crippen LogP contribution in [0.2, 0.25) is 5.02 Å². The highest BCUT2D eigenvalue weighted by molar-refractivity contribution is 7.91. The number of nitrogens with zero attached hydrogens (tertiary/aromatic N) is 2. The average molecular weight is 600 g/mol. The molecule has 0 spiro atoms. The zero-order valence-corrected chi connectivity index (χ0v) is 25.7. The van der Waals surface area contributed by atoms with Gasteiger partial charge in [-0.2, -0.15) is 0 Å². The minimum absolute atomic E-state index is 0.00439. The molecule has 9 heteroatoms. The normalized spacial score (nSPS) is 30.0. The summed E-state index contributed by atoms with van der Waals surface area (Å²) in [7, 11) is -1.42.